The molecule has 0 amide bonds. The summed E-state index contributed by atoms with van der Waals surface area (Å²) in [6.07, 6.45) is 0.766. The smallest absolute Gasteiger partial charge is 0.338 e. The Kier molecular flexibility index (Phi) is 6.06. The molecular formula is C15H20O4. The first-order valence-electron chi connectivity index (χ1n) is 6.49. The van der Waals surface area contributed by atoms with Gasteiger partial charge in [0.15, 0.2) is 0 Å². The van der Waals surface area contributed by atoms with E-state index in [1.807, 2.05) is 20.8 Å². The maximum atomic E-state index is 11.8. The summed E-state index contributed by atoms with van der Waals surface area (Å²) < 4.78 is 10.1. The fraction of sp³-hybridized carbons (Fsp3) is 0.467. The van der Waals surface area contributed by atoms with Crippen molar-refractivity contribution in [1.29, 1.82) is 0 Å². The van der Waals surface area contributed by atoms with E-state index in [9.17, 15) is 9.59 Å². The maximum absolute atomic E-state index is 11.8. The molecule has 0 saturated heterocycles. The van der Waals surface area contributed by atoms with Crippen LogP contribution in [0, 0.1) is 5.92 Å². The summed E-state index contributed by atoms with van der Waals surface area (Å²) >= 11 is 0. The zero-order valence-electron chi connectivity index (χ0n) is 11.6. The molecule has 0 aliphatic rings. The van der Waals surface area contributed by atoms with Crippen LogP contribution in [0.3, 0.4) is 0 Å². The van der Waals surface area contributed by atoms with Gasteiger partial charge in [-0.05, 0) is 30.5 Å². The second-order valence-corrected chi connectivity index (χ2v) is 4.71. The van der Waals surface area contributed by atoms with Gasteiger partial charge in [0.2, 0.25) is 0 Å². The van der Waals surface area contributed by atoms with Crippen LogP contribution in [0.1, 0.15) is 47.9 Å². The third-order valence-electron chi connectivity index (χ3n) is 2.32. The number of hydrogen-bond donors (Lipinski definition) is 0. The van der Waals surface area contributed by atoms with Crippen molar-refractivity contribution in [2.24, 2.45) is 5.92 Å². The largest absolute Gasteiger partial charge is 0.462 e. The van der Waals surface area contributed by atoms with Gasteiger partial charge < -0.3 is 9.47 Å². The van der Waals surface area contributed by atoms with Gasteiger partial charge in [0.1, 0.15) is 0 Å². The van der Waals surface area contributed by atoms with Gasteiger partial charge in [0.05, 0.1) is 24.3 Å². The van der Waals surface area contributed by atoms with E-state index in [-0.39, 0.29) is 5.92 Å². The Hall–Kier alpha value is -1.84. The summed E-state index contributed by atoms with van der Waals surface area (Å²) in [6.45, 7) is 6.59. The highest BCUT2D eigenvalue weighted by Gasteiger charge is 2.12. The van der Waals surface area contributed by atoms with Gasteiger partial charge in [0.25, 0.3) is 0 Å². The number of hydrogen-bond acceptors (Lipinski definition) is 4. The van der Waals surface area contributed by atoms with Gasteiger partial charge >= 0.3 is 11.9 Å². The van der Waals surface area contributed by atoms with Gasteiger partial charge in [0, 0.05) is 0 Å². The molecule has 0 fully saturated rings. The molecule has 0 atom stereocenters. The van der Waals surface area contributed by atoms with Gasteiger partial charge in [-0.3, -0.25) is 0 Å². The second kappa shape index (κ2) is 7.56. The minimum atomic E-state index is -0.418. The Morgan fingerprint density at radius 1 is 1.11 bits per heavy atom. The lowest BCUT2D eigenvalue weighted by Crippen LogP contribution is -2.12. The predicted molar refractivity (Wildman–Crippen MR) is 72.1 cm³/mol. The van der Waals surface area contributed by atoms with E-state index >= 15 is 0 Å². The third-order valence-corrected chi connectivity index (χ3v) is 2.32. The van der Waals surface area contributed by atoms with E-state index in [1.165, 1.54) is 6.07 Å². The third kappa shape index (κ3) is 5.12. The fourth-order valence-electron chi connectivity index (χ4n) is 1.38. The van der Waals surface area contributed by atoms with E-state index < -0.39 is 11.9 Å². The van der Waals surface area contributed by atoms with Crippen LogP contribution in [-0.4, -0.2) is 25.2 Å². The van der Waals surface area contributed by atoms with Crippen LogP contribution in [-0.2, 0) is 9.47 Å². The van der Waals surface area contributed by atoms with Crippen LogP contribution in [0.5, 0.6) is 0 Å². The molecule has 1 aromatic rings. The van der Waals surface area contributed by atoms with Crippen molar-refractivity contribution in [2.45, 2.75) is 27.2 Å². The van der Waals surface area contributed by atoms with Crippen LogP contribution in [0.2, 0.25) is 0 Å². The molecule has 0 unspecified atom stereocenters. The molecule has 104 valence electrons. The van der Waals surface area contributed by atoms with Gasteiger partial charge in [-0.1, -0.05) is 26.8 Å². The van der Waals surface area contributed by atoms with Crippen LogP contribution < -0.4 is 0 Å². The quantitative estimate of drug-likeness (QED) is 0.741. The molecule has 0 aliphatic carbocycles. The highest BCUT2D eigenvalue weighted by molar-refractivity contribution is 5.95. The molecular weight excluding hydrogens is 244 g/mol. The van der Waals surface area contributed by atoms with E-state index in [0.29, 0.717) is 24.3 Å². The zero-order chi connectivity index (χ0) is 14.3. The van der Waals surface area contributed by atoms with Crippen LogP contribution in [0.4, 0.5) is 0 Å². The highest BCUT2D eigenvalue weighted by Crippen LogP contribution is 2.09. The zero-order valence-corrected chi connectivity index (χ0v) is 11.6. The number of esters is 2. The van der Waals surface area contributed by atoms with Crippen molar-refractivity contribution in [2.75, 3.05) is 13.2 Å². The highest BCUT2D eigenvalue weighted by atomic mass is 16.5. The van der Waals surface area contributed by atoms with E-state index in [2.05, 4.69) is 0 Å². The summed E-state index contributed by atoms with van der Waals surface area (Å²) in [7, 11) is 0. The first-order valence-corrected chi connectivity index (χ1v) is 6.49. The summed E-state index contributed by atoms with van der Waals surface area (Å²) in [6, 6.07) is 6.39. The first-order chi connectivity index (χ1) is 9.04. The molecule has 4 nitrogen and oxygen atoms in total. The summed E-state index contributed by atoms with van der Waals surface area (Å²) in [5.74, 6) is -0.555. The van der Waals surface area contributed by atoms with Crippen molar-refractivity contribution in [3.63, 3.8) is 0 Å². The molecule has 0 heterocycles. The minimum absolute atomic E-state index is 0.279. The molecule has 0 spiro atoms. The molecule has 0 saturated carbocycles. The molecule has 0 N–H and O–H groups in total. The minimum Gasteiger partial charge on any atom is -0.462 e. The molecule has 0 bridgehead atoms. The molecule has 0 radical (unpaired) electrons. The van der Waals surface area contributed by atoms with Crippen LogP contribution >= 0.6 is 0 Å². The van der Waals surface area contributed by atoms with Crippen molar-refractivity contribution in [3.8, 4) is 0 Å². The van der Waals surface area contributed by atoms with Crippen molar-refractivity contribution in [3.05, 3.63) is 35.4 Å². The van der Waals surface area contributed by atoms with Crippen LogP contribution in [0.25, 0.3) is 0 Å². The van der Waals surface area contributed by atoms with Crippen molar-refractivity contribution < 1.29 is 19.1 Å². The lowest BCUT2D eigenvalue weighted by atomic mass is 10.1. The van der Waals surface area contributed by atoms with Gasteiger partial charge in [-0.25, -0.2) is 9.59 Å². The average Bonchev–Trinajstić information content (AvgIpc) is 2.42. The van der Waals surface area contributed by atoms with Crippen molar-refractivity contribution in [1.82, 2.24) is 0 Å². The Morgan fingerprint density at radius 3 is 2.21 bits per heavy atom. The summed E-state index contributed by atoms with van der Waals surface area (Å²) in [5, 5.41) is 0. The Morgan fingerprint density at radius 2 is 1.68 bits per heavy atom. The van der Waals surface area contributed by atoms with E-state index in [1.54, 1.807) is 18.2 Å². The number of ether oxygens (including phenoxy) is 2. The van der Waals surface area contributed by atoms with E-state index in [4.69, 9.17) is 9.47 Å². The number of rotatable bonds is 6. The predicted octanol–water partition coefficient (Wildman–Crippen LogP) is 3.07. The Bertz CT molecular complexity index is 438. The standard InChI is InChI=1S/C15H20O4/c1-4-8-18-14(16)12-6-5-7-13(9-12)15(17)19-10-11(2)3/h5-7,9,11H,4,8,10H2,1-3H3. The topological polar surface area (TPSA) is 52.6 Å². The number of benzene rings is 1. The number of carbonyl (C=O) groups is 2. The first kappa shape index (κ1) is 15.2. The molecule has 1 rings (SSSR count). The molecule has 1 aromatic carbocycles. The SMILES string of the molecule is CCCOC(=O)c1cccc(C(=O)OCC(C)C)c1. The van der Waals surface area contributed by atoms with Crippen molar-refractivity contribution >= 4 is 11.9 Å². The number of carbonyl (C=O) groups excluding carboxylic acids is 2. The monoisotopic (exact) mass is 264 g/mol. The average molecular weight is 264 g/mol. The van der Waals surface area contributed by atoms with Gasteiger partial charge in [-0.2, -0.15) is 0 Å². The van der Waals surface area contributed by atoms with Gasteiger partial charge in [-0.15, -0.1) is 0 Å². The molecule has 0 aliphatic heterocycles. The second-order valence-electron chi connectivity index (χ2n) is 4.71. The Labute approximate surface area is 113 Å². The Balaban J connectivity index is 2.71. The molecule has 4 heteroatoms. The summed E-state index contributed by atoms with van der Waals surface area (Å²) in [5.41, 5.74) is 0.735. The molecule has 19 heavy (non-hydrogen) atoms. The summed E-state index contributed by atoms with van der Waals surface area (Å²) in [4.78, 5) is 23.4. The molecule has 0 aromatic heterocycles. The fourth-order valence-corrected chi connectivity index (χ4v) is 1.38. The van der Waals surface area contributed by atoms with E-state index in [0.717, 1.165) is 6.42 Å². The lowest BCUT2D eigenvalue weighted by Gasteiger charge is -2.08. The maximum Gasteiger partial charge on any atom is 0.338 e. The normalized spacial score (nSPS) is 10.3. The lowest BCUT2D eigenvalue weighted by molar-refractivity contribution is 0.0459. The van der Waals surface area contributed by atoms with Crippen LogP contribution in [0.15, 0.2) is 24.3 Å².